The molecule has 4 rings (SSSR count). The molecule has 0 unspecified atom stereocenters. The van der Waals surface area contributed by atoms with Gasteiger partial charge in [-0.3, -0.25) is 15.1 Å². The SMILES string of the molecule is O=C(Nc1nc2c(s1)-c1cc(O)ccc1CCC2)c1ccncc1F. The summed E-state index contributed by atoms with van der Waals surface area (Å²) >= 11 is 1.34. The lowest BCUT2D eigenvalue weighted by molar-refractivity contribution is 0.102. The molecule has 1 aromatic carbocycles. The lowest BCUT2D eigenvalue weighted by Crippen LogP contribution is -2.13. The van der Waals surface area contributed by atoms with E-state index in [1.165, 1.54) is 23.6 Å². The molecule has 0 fully saturated rings. The monoisotopic (exact) mass is 355 g/mol. The van der Waals surface area contributed by atoms with Crippen LogP contribution in [-0.4, -0.2) is 21.0 Å². The summed E-state index contributed by atoms with van der Waals surface area (Å²) in [5.41, 5.74) is 2.91. The summed E-state index contributed by atoms with van der Waals surface area (Å²) in [7, 11) is 0. The summed E-state index contributed by atoms with van der Waals surface area (Å²) in [6.07, 6.45) is 5.03. The number of amides is 1. The Bertz CT molecular complexity index is 971. The van der Waals surface area contributed by atoms with Crippen molar-refractivity contribution in [3.8, 4) is 16.2 Å². The number of aromatic hydroxyl groups is 1. The van der Waals surface area contributed by atoms with Gasteiger partial charge in [-0.25, -0.2) is 9.37 Å². The van der Waals surface area contributed by atoms with Gasteiger partial charge >= 0.3 is 0 Å². The van der Waals surface area contributed by atoms with Gasteiger partial charge in [0.1, 0.15) is 5.75 Å². The highest BCUT2D eigenvalue weighted by Gasteiger charge is 2.21. The number of benzene rings is 1. The maximum Gasteiger partial charge on any atom is 0.260 e. The van der Waals surface area contributed by atoms with Crippen LogP contribution in [0.3, 0.4) is 0 Å². The summed E-state index contributed by atoms with van der Waals surface area (Å²) in [6, 6.07) is 6.66. The summed E-state index contributed by atoms with van der Waals surface area (Å²) < 4.78 is 13.7. The third kappa shape index (κ3) is 2.98. The Kier molecular flexibility index (Phi) is 3.93. The predicted molar refractivity (Wildman–Crippen MR) is 93.4 cm³/mol. The van der Waals surface area contributed by atoms with Crippen LogP contribution in [0.5, 0.6) is 5.75 Å². The molecule has 1 aliphatic rings. The van der Waals surface area contributed by atoms with Crippen molar-refractivity contribution in [3.63, 3.8) is 0 Å². The van der Waals surface area contributed by atoms with Crippen LogP contribution in [0, 0.1) is 5.82 Å². The molecule has 0 bridgehead atoms. The highest BCUT2D eigenvalue weighted by molar-refractivity contribution is 7.19. The smallest absolute Gasteiger partial charge is 0.260 e. The first-order valence-electron chi connectivity index (χ1n) is 7.84. The fourth-order valence-corrected chi connectivity index (χ4v) is 4.01. The summed E-state index contributed by atoms with van der Waals surface area (Å²) in [5, 5.41) is 12.9. The summed E-state index contributed by atoms with van der Waals surface area (Å²) in [4.78, 5) is 21.3. The van der Waals surface area contributed by atoms with E-state index in [4.69, 9.17) is 0 Å². The molecular formula is C18H14FN3O2S. The number of thiazole rings is 1. The van der Waals surface area contributed by atoms with Crippen molar-refractivity contribution in [1.29, 1.82) is 0 Å². The lowest BCUT2D eigenvalue weighted by atomic mass is 10.0. The van der Waals surface area contributed by atoms with E-state index in [2.05, 4.69) is 15.3 Å². The van der Waals surface area contributed by atoms with Crippen LogP contribution in [-0.2, 0) is 12.8 Å². The fraction of sp³-hybridized carbons (Fsp3) is 0.167. The van der Waals surface area contributed by atoms with E-state index in [0.29, 0.717) is 5.13 Å². The molecule has 0 radical (unpaired) electrons. The van der Waals surface area contributed by atoms with Crippen molar-refractivity contribution in [1.82, 2.24) is 9.97 Å². The number of phenolic OH excluding ortho intramolecular Hbond substituents is 1. The van der Waals surface area contributed by atoms with Crippen LogP contribution in [0.4, 0.5) is 9.52 Å². The number of nitrogens with one attached hydrogen (secondary N) is 1. The molecule has 0 saturated heterocycles. The zero-order valence-electron chi connectivity index (χ0n) is 13.1. The second-order valence-corrected chi connectivity index (χ2v) is 6.80. The molecule has 0 spiro atoms. The normalized spacial score (nSPS) is 12.8. The highest BCUT2D eigenvalue weighted by atomic mass is 32.1. The quantitative estimate of drug-likeness (QED) is 0.733. The van der Waals surface area contributed by atoms with Crippen LogP contribution in [0.15, 0.2) is 36.7 Å². The Hall–Kier alpha value is -2.80. The number of anilines is 1. The standard InChI is InChI=1S/C18H14FN3O2S/c19-14-9-20-7-6-12(14)17(24)22-18-21-15-3-1-2-10-4-5-11(23)8-13(10)16(15)25-18/h4-9,23H,1-3H2,(H,21,22,24). The average molecular weight is 355 g/mol. The first kappa shape index (κ1) is 15.7. The molecule has 2 heterocycles. The van der Waals surface area contributed by atoms with Crippen molar-refractivity contribution >= 4 is 22.4 Å². The largest absolute Gasteiger partial charge is 0.508 e. The molecule has 0 atom stereocenters. The fourth-order valence-electron chi connectivity index (χ4n) is 2.95. The van der Waals surface area contributed by atoms with Gasteiger partial charge in [0, 0.05) is 11.8 Å². The van der Waals surface area contributed by atoms with E-state index >= 15 is 0 Å². The molecule has 126 valence electrons. The van der Waals surface area contributed by atoms with Gasteiger partial charge in [0.25, 0.3) is 5.91 Å². The number of rotatable bonds is 2. The Morgan fingerprint density at radius 2 is 2.16 bits per heavy atom. The van der Waals surface area contributed by atoms with Gasteiger partial charge < -0.3 is 5.11 Å². The van der Waals surface area contributed by atoms with Crippen molar-refractivity contribution in [3.05, 3.63) is 59.3 Å². The van der Waals surface area contributed by atoms with Gasteiger partial charge in [-0.2, -0.15) is 0 Å². The van der Waals surface area contributed by atoms with Crippen molar-refractivity contribution in [2.24, 2.45) is 0 Å². The van der Waals surface area contributed by atoms with Crippen LogP contribution >= 0.6 is 11.3 Å². The number of aromatic nitrogens is 2. The maximum atomic E-state index is 13.7. The molecule has 0 aliphatic heterocycles. The Labute approximate surface area is 147 Å². The lowest BCUT2D eigenvalue weighted by Gasteiger charge is -2.05. The Morgan fingerprint density at radius 3 is 3.00 bits per heavy atom. The topological polar surface area (TPSA) is 75.1 Å². The molecule has 25 heavy (non-hydrogen) atoms. The third-order valence-electron chi connectivity index (χ3n) is 4.13. The molecule has 3 aromatic rings. The van der Waals surface area contributed by atoms with Crippen molar-refractivity contribution in [2.45, 2.75) is 19.3 Å². The molecule has 2 N–H and O–H groups in total. The van der Waals surface area contributed by atoms with Crippen LogP contribution in [0.1, 0.15) is 28.0 Å². The van der Waals surface area contributed by atoms with Crippen LogP contribution in [0.2, 0.25) is 0 Å². The zero-order chi connectivity index (χ0) is 17.4. The minimum Gasteiger partial charge on any atom is -0.508 e. The van der Waals surface area contributed by atoms with Crippen LogP contribution < -0.4 is 5.32 Å². The molecule has 2 aromatic heterocycles. The Morgan fingerprint density at radius 1 is 1.28 bits per heavy atom. The molecule has 7 heteroatoms. The minimum atomic E-state index is -0.673. The van der Waals surface area contributed by atoms with E-state index < -0.39 is 11.7 Å². The number of carbonyl (C=O) groups is 1. The second kappa shape index (κ2) is 6.25. The molecule has 1 amide bonds. The van der Waals surface area contributed by atoms with E-state index in [-0.39, 0.29) is 11.3 Å². The van der Waals surface area contributed by atoms with Gasteiger partial charge in [-0.15, -0.1) is 0 Å². The number of carbonyl (C=O) groups excluding carboxylic acids is 1. The Balaban J connectivity index is 1.68. The number of aryl methyl sites for hydroxylation is 2. The number of fused-ring (bicyclic) bond motifs is 3. The molecule has 1 aliphatic carbocycles. The van der Waals surface area contributed by atoms with Gasteiger partial charge in [0.05, 0.1) is 22.3 Å². The number of halogens is 1. The summed E-state index contributed by atoms with van der Waals surface area (Å²) in [6.45, 7) is 0. The van der Waals surface area contributed by atoms with E-state index in [1.807, 2.05) is 6.07 Å². The molecule has 0 saturated carbocycles. The predicted octanol–water partition coefficient (Wildman–Crippen LogP) is 3.79. The highest BCUT2D eigenvalue weighted by Crippen LogP contribution is 2.40. The first-order valence-corrected chi connectivity index (χ1v) is 8.66. The van der Waals surface area contributed by atoms with Crippen molar-refractivity contribution < 1.29 is 14.3 Å². The summed E-state index contributed by atoms with van der Waals surface area (Å²) in [5.74, 6) is -1.03. The second-order valence-electron chi connectivity index (χ2n) is 5.80. The average Bonchev–Trinajstić information content (AvgIpc) is 2.91. The minimum absolute atomic E-state index is 0.0709. The van der Waals surface area contributed by atoms with Gasteiger partial charge in [0.15, 0.2) is 10.9 Å². The molecular weight excluding hydrogens is 341 g/mol. The molecule has 5 nitrogen and oxygen atoms in total. The van der Waals surface area contributed by atoms with Gasteiger partial charge in [-0.05, 0) is 43.0 Å². The number of hydrogen-bond donors (Lipinski definition) is 2. The number of hydrogen-bond acceptors (Lipinski definition) is 5. The van der Waals surface area contributed by atoms with E-state index in [9.17, 15) is 14.3 Å². The van der Waals surface area contributed by atoms with Gasteiger partial charge in [-0.1, -0.05) is 17.4 Å². The third-order valence-corrected chi connectivity index (χ3v) is 5.18. The number of phenols is 1. The first-order chi connectivity index (χ1) is 12.1. The maximum absolute atomic E-state index is 13.7. The van der Waals surface area contributed by atoms with E-state index in [1.54, 1.807) is 12.1 Å². The number of nitrogens with zero attached hydrogens (tertiary/aromatic N) is 2. The van der Waals surface area contributed by atoms with Gasteiger partial charge in [0.2, 0.25) is 0 Å². The van der Waals surface area contributed by atoms with Crippen molar-refractivity contribution in [2.75, 3.05) is 5.32 Å². The van der Waals surface area contributed by atoms with E-state index in [0.717, 1.165) is 47.2 Å². The zero-order valence-corrected chi connectivity index (χ0v) is 13.9. The van der Waals surface area contributed by atoms with Crippen LogP contribution in [0.25, 0.3) is 10.4 Å². The number of pyridine rings is 1.